The average Bonchev–Trinajstić information content (AvgIpc) is 2.88. The van der Waals surface area contributed by atoms with E-state index < -0.39 is 5.54 Å². The first kappa shape index (κ1) is 14.3. The Hall–Kier alpha value is -0.610. The highest BCUT2D eigenvalue weighted by Gasteiger charge is 2.43. The minimum absolute atomic E-state index is 0.313. The van der Waals surface area contributed by atoms with Gasteiger partial charge in [0.2, 0.25) is 5.91 Å². The summed E-state index contributed by atoms with van der Waals surface area (Å²) >= 11 is 0. The van der Waals surface area contributed by atoms with E-state index >= 15 is 0 Å². The lowest BCUT2D eigenvalue weighted by Gasteiger charge is -2.46. The van der Waals surface area contributed by atoms with Crippen LogP contribution in [0.4, 0.5) is 0 Å². The van der Waals surface area contributed by atoms with E-state index in [0.29, 0.717) is 11.5 Å². The first-order valence-corrected chi connectivity index (χ1v) is 8.36. The van der Waals surface area contributed by atoms with Crippen LogP contribution in [0.3, 0.4) is 0 Å². The smallest absolute Gasteiger partial charge is 0.237 e. The van der Waals surface area contributed by atoms with Crippen LogP contribution in [0.1, 0.15) is 64.2 Å². The van der Waals surface area contributed by atoms with Gasteiger partial charge in [-0.15, -0.1) is 0 Å². The first-order valence-electron chi connectivity index (χ1n) is 8.36. The van der Waals surface area contributed by atoms with Gasteiger partial charge in [0, 0.05) is 6.04 Å². The first-order chi connectivity index (χ1) is 9.53. The maximum Gasteiger partial charge on any atom is 0.237 e. The average molecular weight is 279 g/mol. The number of likely N-dealkylation sites (tertiary alicyclic amines) is 1. The molecule has 114 valence electrons. The van der Waals surface area contributed by atoms with Crippen molar-refractivity contribution in [2.45, 2.75) is 75.8 Å². The van der Waals surface area contributed by atoms with E-state index in [9.17, 15) is 4.79 Å². The zero-order valence-electron chi connectivity index (χ0n) is 12.6. The van der Waals surface area contributed by atoms with E-state index in [1.165, 1.54) is 58.0 Å². The fourth-order valence-electron chi connectivity index (χ4n) is 4.80. The summed E-state index contributed by atoms with van der Waals surface area (Å²) in [5.41, 5.74) is 11.6. The van der Waals surface area contributed by atoms with E-state index in [2.05, 4.69) is 4.90 Å². The summed E-state index contributed by atoms with van der Waals surface area (Å²) in [5.74, 6) is -0.313. The molecule has 0 bridgehead atoms. The van der Waals surface area contributed by atoms with Crippen molar-refractivity contribution in [3.63, 3.8) is 0 Å². The van der Waals surface area contributed by atoms with E-state index in [-0.39, 0.29) is 5.91 Å². The molecule has 1 amide bonds. The summed E-state index contributed by atoms with van der Waals surface area (Å²) in [7, 11) is 0. The van der Waals surface area contributed by atoms with Gasteiger partial charge >= 0.3 is 0 Å². The van der Waals surface area contributed by atoms with Gasteiger partial charge in [-0.1, -0.05) is 12.8 Å². The van der Waals surface area contributed by atoms with Crippen LogP contribution in [0.2, 0.25) is 0 Å². The molecule has 4 N–H and O–H groups in total. The van der Waals surface area contributed by atoms with Crippen molar-refractivity contribution in [3.05, 3.63) is 0 Å². The normalized spacial score (nSPS) is 38.1. The van der Waals surface area contributed by atoms with Gasteiger partial charge in [-0.05, 0) is 69.9 Å². The van der Waals surface area contributed by atoms with Crippen LogP contribution < -0.4 is 11.5 Å². The Morgan fingerprint density at radius 1 is 1.00 bits per heavy atom. The molecule has 2 aliphatic carbocycles. The van der Waals surface area contributed by atoms with E-state index in [0.717, 1.165) is 19.3 Å². The van der Waals surface area contributed by atoms with Gasteiger partial charge in [-0.3, -0.25) is 4.79 Å². The molecule has 1 aliphatic heterocycles. The Balaban J connectivity index is 1.59. The molecule has 3 rings (SSSR count). The third-order valence-electron chi connectivity index (χ3n) is 6.29. The van der Waals surface area contributed by atoms with Crippen LogP contribution in [0.25, 0.3) is 0 Å². The van der Waals surface area contributed by atoms with E-state index in [4.69, 9.17) is 11.5 Å². The van der Waals surface area contributed by atoms with Gasteiger partial charge in [-0.2, -0.15) is 0 Å². The molecule has 20 heavy (non-hydrogen) atoms. The fourth-order valence-corrected chi connectivity index (χ4v) is 4.80. The largest absolute Gasteiger partial charge is 0.368 e. The molecule has 3 aliphatic rings. The van der Waals surface area contributed by atoms with Gasteiger partial charge < -0.3 is 16.4 Å². The van der Waals surface area contributed by atoms with Crippen LogP contribution in [0, 0.1) is 5.41 Å². The van der Waals surface area contributed by atoms with E-state index in [1.807, 2.05) is 0 Å². The number of nitrogens with two attached hydrogens (primary N) is 2. The van der Waals surface area contributed by atoms with Gasteiger partial charge in [0.1, 0.15) is 0 Å². The van der Waals surface area contributed by atoms with Crippen LogP contribution in [-0.4, -0.2) is 35.5 Å². The minimum Gasteiger partial charge on any atom is -0.368 e. The maximum absolute atomic E-state index is 11.6. The highest BCUT2D eigenvalue weighted by molar-refractivity contribution is 5.84. The van der Waals surface area contributed by atoms with Crippen molar-refractivity contribution in [2.24, 2.45) is 16.9 Å². The lowest BCUT2D eigenvalue weighted by Crippen LogP contribution is -2.59. The van der Waals surface area contributed by atoms with Crippen LogP contribution >= 0.6 is 0 Å². The number of piperidine rings is 1. The minimum atomic E-state index is -0.759. The standard InChI is InChI=1S/C16H29N3O/c17-14(20)16(18)7-3-4-13(12-16)19-10-8-15(9-11-19)5-1-2-6-15/h13H,1-12,18H2,(H2,17,20). The summed E-state index contributed by atoms with van der Waals surface area (Å²) < 4.78 is 0. The second-order valence-electron chi connectivity index (χ2n) is 7.51. The topological polar surface area (TPSA) is 72.3 Å². The highest BCUT2D eigenvalue weighted by atomic mass is 16.1. The van der Waals surface area contributed by atoms with Crippen molar-refractivity contribution < 1.29 is 4.79 Å². The molecule has 4 nitrogen and oxygen atoms in total. The summed E-state index contributed by atoms with van der Waals surface area (Å²) in [6.07, 6.45) is 12.2. The second kappa shape index (κ2) is 5.30. The van der Waals surface area contributed by atoms with Gasteiger partial charge in [0.15, 0.2) is 0 Å². The Morgan fingerprint density at radius 3 is 2.25 bits per heavy atom. The molecule has 1 saturated heterocycles. The van der Waals surface area contributed by atoms with Gasteiger partial charge in [0.25, 0.3) is 0 Å². The van der Waals surface area contributed by atoms with Gasteiger partial charge in [0.05, 0.1) is 5.54 Å². The Bertz CT molecular complexity index is 368. The van der Waals surface area contributed by atoms with Crippen molar-refractivity contribution >= 4 is 5.91 Å². The molecule has 2 saturated carbocycles. The molecule has 0 radical (unpaired) electrons. The number of nitrogens with zero attached hydrogens (tertiary/aromatic N) is 1. The molecule has 4 heteroatoms. The fraction of sp³-hybridized carbons (Fsp3) is 0.938. The molecule has 2 atom stereocenters. The molecule has 2 unspecified atom stereocenters. The second-order valence-corrected chi connectivity index (χ2v) is 7.51. The summed E-state index contributed by atoms with van der Waals surface area (Å²) in [5, 5.41) is 0. The number of hydrogen-bond acceptors (Lipinski definition) is 3. The van der Waals surface area contributed by atoms with Crippen molar-refractivity contribution in [2.75, 3.05) is 13.1 Å². The Kier molecular flexibility index (Phi) is 3.80. The van der Waals surface area contributed by atoms with Crippen LogP contribution in [-0.2, 0) is 4.79 Å². The van der Waals surface area contributed by atoms with Crippen molar-refractivity contribution in [3.8, 4) is 0 Å². The zero-order chi connectivity index (χ0) is 14.2. The third-order valence-corrected chi connectivity index (χ3v) is 6.29. The molecular formula is C16H29N3O. The molecule has 1 heterocycles. The van der Waals surface area contributed by atoms with Gasteiger partial charge in [-0.25, -0.2) is 0 Å². The quantitative estimate of drug-likeness (QED) is 0.809. The lowest BCUT2D eigenvalue weighted by molar-refractivity contribution is -0.125. The summed E-state index contributed by atoms with van der Waals surface area (Å²) in [6.45, 7) is 2.39. The lowest BCUT2D eigenvalue weighted by atomic mass is 9.74. The monoisotopic (exact) mass is 279 g/mol. The van der Waals surface area contributed by atoms with Crippen LogP contribution in [0.5, 0.6) is 0 Å². The molecule has 1 spiro atoms. The summed E-state index contributed by atoms with van der Waals surface area (Å²) in [4.78, 5) is 14.2. The number of primary amides is 1. The number of carbonyl (C=O) groups is 1. The number of hydrogen-bond donors (Lipinski definition) is 2. The predicted molar refractivity (Wildman–Crippen MR) is 80.1 cm³/mol. The zero-order valence-corrected chi connectivity index (χ0v) is 12.6. The molecule has 0 aromatic carbocycles. The van der Waals surface area contributed by atoms with Crippen molar-refractivity contribution in [1.29, 1.82) is 0 Å². The third kappa shape index (κ3) is 2.60. The highest BCUT2D eigenvalue weighted by Crippen LogP contribution is 2.47. The van der Waals surface area contributed by atoms with Crippen LogP contribution in [0.15, 0.2) is 0 Å². The SMILES string of the molecule is NC(=O)C1(N)CCCC(N2CCC3(CCCC3)CC2)C1. The summed E-state index contributed by atoms with van der Waals surface area (Å²) in [6, 6.07) is 0.472. The van der Waals surface area contributed by atoms with Crippen molar-refractivity contribution in [1.82, 2.24) is 4.90 Å². The number of carbonyl (C=O) groups excluding carboxylic acids is 1. The number of rotatable bonds is 2. The van der Waals surface area contributed by atoms with E-state index in [1.54, 1.807) is 0 Å². The molecular weight excluding hydrogens is 250 g/mol. The molecule has 0 aromatic rings. The Labute approximate surface area is 122 Å². The maximum atomic E-state index is 11.6. The predicted octanol–water partition coefficient (Wildman–Crippen LogP) is 1.77. The molecule has 3 fully saturated rings. The Morgan fingerprint density at radius 2 is 1.65 bits per heavy atom. The number of amides is 1. The molecule has 0 aromatic heterocycles.